The third-order valence-electron chi connectivity index (χ3n) is 4.63. The first-order chi connectivity index (χ1) is 14.5. The van der Waals surface area contributed by atoms with Crippen molar-refractivity contribution in [2.75, 3.05) is 26.1 Å². The third-order valence-corrected chi connectivity index (χ3v) is 4.63. The summed E-state index contributed by atoms with van der Waals surface area (Å²) < 4.78 is 21.7. The number of nitrogens with one attached hydrogen (secondary N) is 1. The fraction of sp³-hybridized carbons (Fsp3) is 0.304. The van der Waals surface area contributed by atoms with E-state index in [2.05, 4.69) is 17.4 Å². The van der Waals surface area contributed by atoms with Crippen LogP contribution >= 0.6 is 0 Å². The van der Waals surface area contributed by atoms with E-state index in [1.807, 2.05) is 25.1 Å². The van der Waals surface area contributed by atoms with Gasteiger partial charge in [-0.1, -0.05) is 18.5 Å². The minimum atomic E-state index is -0.366. The van der Waals surface area contributed by atoms with Crippen LogP contribution in [0.2, 0.25) is 0 Å². The van der Waals surface area contributed by atoms with E-state index in [0.29, 0.717) is 35.1 Å². The molecule has 158 valence electrons. The highest BCUT2D eigenvalue weighted by Crippen LogP contribution is 2.34. The van der Waals surface area contributed by atoms with E-state index in [1.54, 1.807) is 38.5 Å². The van der Waals surface area contributed by atoms with Crippen LogP contribution in [0, 0.1) is 6.92 Å². The summed E-state index contributed by atoms with van der Waals surface area (Å²) >= 11 is 0. The number of aryl methyl sites for hydroxylation is 1. The standard InChI is InChI=1S/C23H26N2O5/c1-5-6-11-29-17-7-9-19(15(2)12-17)24-23(26)20-14-22(30-25-20)18-13-16(27-3)8-10-21(18)28-4/h7-10,12-14H,5-6,11H2,1-4H3,(H,24,26). The average Bonchev–Trinajstić information content (AvgIpc) is 3.25. The molecule has 1 aromatic heterocycles. The molecule has 0 spiro atoms. The van der Waals surface area contributed by atoms with Crippen LogP contribution in [0.5, 0.6) is 17.2 Å². The topological polar surface area (TPSA) is 82.8 Å². The molecule has 0 aliphatic rings. The van der Waals surface area contributed by atoms with Crippen molar-refractivity contribution in [1.82, 2.24) is 5.16 Å². The molecule has 0 aliphatic heterocycles. The Balaban J connectivity index is 1.74. The van der Waals surface area contributed by atoms with Gasteiger partial charge in [0.05, 0.1) is 26.4 Å². The Morgan fingerprint density at radius 2 is 1.87 bits per heavy atom. The maximum absolute atomic E-state index is 12.7. The monoisotopic (exact) mass is 410 g/mol. The third kappa shape index (κ3) is 4.92. The molecule has 0 fully saturated rings. The van der Waals surface area contributed by atoms with E-state index < -0.39 is 0 Å². The summed E-state index contributed by atoms with van der Waals surface area (Å²) in [7, 11) is 3.14. The lowest BCUT2D eigenvalue weighted by molar-refractivity contribution is 0.101. The van der Waals surface area contributed by atoms with Gasteiger partial charge in [0.2, 0.25) is 0 Å². The average molecular weight is 410 g/mol. The zero-order chi connectivity index (χ0) is 21.5. The molecule has 3 aromatic rings. The van der Waals surface area contributed by atoms with E-state index >= 15 is 0 Å². The van der Waals surface area contributed by atoms with Gasteiger partial charge in [0.25, 0.3) is 5.91 Å². The second-order valence-electron chi connectivity index (χ2n) is 6.78. The number of rotatable bonds is 9. The summed E-state index contributed by atoms with van der Waals surface area (Å²) in [6, 6.07) is 12.5. The van der Waals surface area contributed by atoms with E-state index in [4.69, 9.17) is 18.7 Å². The minimum Gasteiger partial charge on any atom is -0.497 e. The van der Waals surface area contributed by atoms with Gasteiger partial charge in [0.1, 0.15) is 17.2 Å². The highest BCUT2D eigenvalue weighted by molar-refractivity contribution is 6.03. The molecule has 0 aliphatic carbocycles. The predicted molar refractivity (Wildman–Crippen MR) is 115 cm³/mol. The summed E-state index contributed by atoms with van der Waals surface area (Å²) in [4.78, 5) is 12.7. The molecular formula is C23H26N2O5. The number of hydrogen-bond donors (Lipinski definition) is 1. The van der Waals surface area contributed by atoms with Crippen molar-refractivity contribution in [2.45, 2.75) is 26.7 Å². The number of anilines is 1. The van der Waals surface area contributed by atoms with Crippen molar-refractivity contribution in [3.05, 3.63) is 53.7 Å². The Morgan fingerprint density at radius 1 is 1.07 bits per heavy atom. The minimum absolute atomic E-state index is 0.164. The smallest absolute Gasteiger partial charge is 0.277 e. The number of hydrogen-bond acceptors (Lipinski definition) is 6. The van der Waals surface area contributed by atoms with Gasteiger partial charge in [-0.3, -0.25) is 4.79 Å². The zero-order valence-electron chi connectivity index (χ0n) is 17.7. The maximum Gasteiger partial charge on any atom is 0.277 e. The number of benzene rings is 2. The number of carbonyl (C=O) groups excluding carboxylic acids is 1. The summed E-state index contributed by atoms with van der Waals surface area (Å²) in [5, 5.41) is 6.77. The highest BCUT2D eigenvalue weighted by atomic mass is 16.5. The molecule has 1 N–H and O–H groups in total. The summed E-state index contributed by atoms with van der Waals surface area (Å²) in [6.45, 7) is 4.71. The van der Waals surface area contributed by atoms with E-state index in [9.17, 15) is 4.79 Å². The van der Waals surface area contributed by atoms with Crippen LogP contribution < -0.4 is 19.5 Å². The van der Waals surface area contributed by atoms with Crippen LogP contribution in [0.15, 0.2) is 47.0 Å². The van der Waals surface area contributed by atoms with E-state index in [0.717, 1.165) is 24.2 Å². The first-order valence-corrected chi connectivity index (χ1v) is 9.79. The van der Waals surface area contributed by atoms with Gasteiger partial charge >= 0.3 is 0 Å². The summed E-state index contributed by atoms with van der Waals surface area (Å²) in [6.07, 6.45) is 2.08. The first-order valence-electron chi connectivity index (χ1n) is 9.79. The van der Waals surface area contributed by atoms with Crippen molar-refractivity contribution in [3.63, 3.8) is 0 Å². The molecule has 0 radical (unpaired) electrons. The van der Waals surface area contributed by atoms with Gasteiger partial charge in [-0.2, -0.15) is 0 Å². The van der Waals surface area contributed by atoms with Gasteiger partial charge in [0, 0.05) is 11.8 Å². The maximum atomic E-state index is 12.7. The van der Waals surface area contributed by atoms with Crippen LogP contribution in [0.3, 0.4) is 0 Å². The molecular weight excluding hydrogens is 384 g/mol. The van der Waals surface area contributed by atoms with E-state index in [1.165, 1.54) is 0 Å². The Morgan fingerprint density at radius 3 is 2.57 bits per heavy atom. The lowest BCUT2D eigenvalue weighted by Crippen LogP contribution is -2.13. The highest BCUT2D eigenvalue weighted by Gasteiger charge is 2.18. The van der Waals surface area contributed by atoms with Gasteiger partial charge in [-0.05, 0) is 55.3 Å². The fourth-order valence-corrected chi connectivity index (χ4v) is 2.90. The second kappa shape index (κ2) is 9.82. The molecule has 7 nitrogen and oxygen atoms in total. The van der Waals surface area contributed by atoms with Crippen LogP contribution in [0.1, 0.15) is 35.8 Å². The van der Waals surface area contributed by atoms with Gasteiger partial charge in [0.15, 0.2) is 11.5 Å². The number of ether oxygens (including phenoxy) is 3. The van der Waals surface area contributed by atoms with Crippen LogP contribution in [0.25, 0.3) is 11.3 Å². The van der Waals surface area contributed by atoms with Crippen molar-refractivity contribution in [3.8, 4) is 28.6 Å². The fourth-order valence-electron chi connectivity index (χ4n) is 2.90. The second-order valence-corrected chi connectivity index (χ2v) is 6.78. The predicted octanol–water partition coefficient (Wildman–Crippen LogP) is 5.10. The summed E-state index contributed by atoms with van der Waals surface area (Å²) in [5.74, 6) is 2.06. The summed E-state index contributed by atoms with van der Waals surface area (Å²) in [5.41, 5.74) is 2.40. The zero-order valence-corrected chi connectivity index (χ0v) is 17.7. The van der Waals surface area contributed by atoms with Crippen molar-refractivity contribution >= 4 is 11.6 Å². The Hall–Kier alpha value is -3.48. The number of unbranched alkanes of at least 4 members (excludes halogenated alkanes) is 1. The Labute approximate surface area is 175 Å². The lowest BCUT2D eigenvalue weighted by atomic mass is 10.1. The van der Waals surface area contributed by atoms with Crippen LogP contribution in [-0.4, -0.2) is 31.9 Å². The largest absolute Gasteiger partial charge is 0.497 e. The molecule has 0 unspecified atom stereocenters. The van der Waals surface area contributed by atoms with Crippen molar-refractivity contribution < 1.29 is 23.5 Å². The molecule has 7 heteroatoms. The molecule has 30 heavy (non-hydrogen) atoms. The van der Waals surface area contributed by atoms with Gasteiger partial charge in [-0.25, -0.2) is 0 Å². The Kier molecular flexibility index (Phi) is 6.95. The molecule has 1 heterocycles. The molecule has 0 bridgehead atoms. The number of amides is 1. The van der Waals surface area contributed by atoms with Crippen LogP contribution in [0.4, 0.5) is 5.69 Å². The number of methoxy groups -OCH3 is 2. The molecule has 0 saturated heterocycles. The molecule has 0 atom stereocenters. The van der Waals surface area contributed by atoms with Gasteiger partial charge in [-0.15, -0.1) is 0 Å². The van der Waals surface area contributed by atoms with Crippen LogP contribution in [-0.2, 0) is 0 Å². The lowest BCUT2D eigenvalue weighted by Gasteiger charge is -2.10. The molecule has 1 amide bonds. The Bertz CT molecular complexity index is 1010. The number of nitrogens with zero attached hydrogens (tertiary/aromatic N) is 1. The quantitative estimate of drug-likeness (QED) is 0.494. The first kappa shape index (κ1) is 21.2. The molecule has 0 saturated carbocycles. The van der Waals surface area contributed by atoms with Gasteiger partial charge < -0.3 is 24.1 Å². The van der Waals surface area contributed by atoms with E-state index in [-0.39, 0.29) is 11.6 Å². The molecule has 3 rings (SSSR count). The molecule has 2 aromatic carbocycles. The number of carbonyl (C=O) groups is 1. The SMILES string of the molecule is CCCCOc1ccc(NC(=O)c2cc(-c3cc(OC)ccc3OC)on2)c(C)c1. The van der Waals surface area contributed by atoms with Crippen molar-refractivity contribution in [2.24, 2.45) is 0 Å². The van der Waals surface area contributed by atoms with Crippen molar-refractivity contribution in [1.29, 1.82) is 0 Å². The number of aromatic nitrogens is 1. The normalized spacial score (nSPS) is 10.5.